The predicted molar refractivity (Wildman–Crippen MR) is 71.1 cm³/mol. The average Bonchev–Trinajstić information content (AvgIpc) is 2.70. The van der Waals surface area contributed by atoms with Gasteiger partial charge in [-0.3, -0.25) is 4.79 Å². The van der Waals surface area contributed by atoms with Crippen LogP contribution in [0, 0.1) is 17.3 Å². The molecule has 0 spiro atoms. The summed E-state index contributed by atoms with van der Waals surface area (Å²) in [4.78, 5) is 12.0. The largest absolute Gasteiger partial charge is 0.467 e. The summed E-state index contributed by atoms with van der Waals surface area (Å²) < 4.78 is 5.38. The maximum Gasteiger partial charge on any atom is 0.224 e. The molecule has 5 heteroatoms. The highest BCUT2D eigenvalue weighted by molar-refractivity contribution is 6.55. The second kappa shape index (κ2) is 4.98. The summed E-state index contributed by atoms with van der Waals surface area (Å²) >= 11 is 11.3. The van der Waals surface area contributed by atoms with Gasteiger partial charge >= 0.3 is 0 Å². The fourth-order valence-corrected chi connectivity index (χ4v) is 2.59. The Balaban J connectivity index is 1.92. The van der Waals surface area contributed by atoms with E-state index in [-0.39, 0.29) is 27.6 Å². The monoisotopic (exact) mass is 287 g/mol. The standard InChI is InChI=1S/C13H15Cl2NO2/c1-13(2)9(6-10(14)15)11(13)12(17)16-7-8-4-3-5-18-8/h3-6,9,11H,7H2,1-2H3,(H,16,17)/t9-,11-/m1/s1. The number of carbonyl (C=O) groups excluding carboxylic acids is 1. The molecule has 1 aromatic rings. The number of hydrogen-bond acceptors (Lipinski definition) is 2. The van der Waals surface area contributed by atoms with E-state index in [4.69, 9.17) is 27.6 Å². The number of allylic oxidation sites excluding steroid dienone is 1. The minimum atomic E-state index is -0.0950. The van der Waals surface area contributed by atoms with Gasteiger partial charge in [-0.1, -0.05) is 37.0 Å². The van der Waals surface area contributed by atoms with E-state index < -0.39 is 0 Å². The maximum absolute atomic E-state index is 12.0. The zero-order valence-electron chi connectivity index (χ0n) is 10.2. The average molecular weight is 288 g/mol. The minimum Gasteiger partial charge on any atom is -0.467 e. The molecule has 1 amide bonds. The third-order valence-corrected chi connectivity index (χ3v) is 3.77. The lowest BCUT2D eigenvalue weighted by Gasteiger charge is -2.04. The van der Waals surface area contributed by atoms with E-state index in [1.54, 1.807) is 18.4 Å². The second-order valence-corrected chi connectivity index (χ2v) is 6.09. The van der Waals surface area contributed by atoms with Gasteiger partial charge in [0.1, 0.15) is 10.3 Å². The Bertz CT molecular complexity index is 461. The lowest BCUT2D eigenvalue weighted by atomic mass is 10.1. The summed E-state index contributed by atoms with van der Waals surface area (Å²) in [6, 6.07) is 3.62. The quantitative estimate of drug-likeness (QED) is 0.921. The van der Waals surface area contributed by atoms with Gasteiger partial charge in [0.15, 0.2) is 0 Å². The molecule has 0 radical (unpaired) electrons. The molecule has 18 heavy (non-hydrogen) atoms. The third kappa shape index (κ3) is 2.73. The summed E-state index contributed by atoms with van der Waals surface area (Å²) in [6.07, 6.45) is 3.32. The predicted octanol–water partition coefficient (Wildman–Crippen LogP) is 3.49. The molecule has 1 saturated carbocycles. The summed E-state index contributed by atoms with van der Waals surface area (Å²) in [5.74, 6) is 0.760. The Morgan fingerprint density at radius 1 is 1.56 bits per heavy atom. The molecule has 1 aliphatic carbocycles. The molecule has 0 unspecified atom stereocenters. The zero-order valence-corrected chi connectivity index (χ0v) is 11.8. The van der Waals surface area contributed by atoms with Gasteiger partial charge in [-0.05, 0) is 29.5 Å². The SMILES string of the molecule is CC1(C)[C@H](C=C(Cl)Cl)[C@@H]1C(=O)NCc1ccco1. The van der Waals surface area contributed by atoms with Gasteiger partial charge in [0.25, 0.3) is 0 Å². The molecule has 0 saturated heterocycles. The van der Waals surface area contributed by atoms with Crippen molar-refractivity contribution in [1.82, 2.24) is 5.32 Å². The van der Waals surface area contributed by atoms with Crippen LogP contribution >= 0.6 is 23.2 Å². The molecule has 1 N–H and O–H groups in total. The smallest absolute Gasteiger partial charge is 0.224 e. The molecule has 1 heterocycles. The Morgan fingerprint density at radius 3 is 2.83 bits per heavy atom. The van der Waals surface area contributed by atoms with Crippen LogP contribution < -0.4 is 5.32 Å². The molecule has 0 aromatic carbocycles. The Labute approximate surface area is 116 Å². The van der Waals surface area contributed by atoms with Crippen LogP contribution in [-0.2, 0) is 11.3 Å². The van der Waals surface area contributed by atoms with E-state index in [0.717, 1.165) is 5.76 Å². The van der Waals surface area contributed by atoms with Gasteiger partial charge in [-0.15, -0.1) is 0 Å². The molecule has 1 aromatic heterocycles. The summed E-state index contributed by atoms with van der Waals surface area (Å²) in [6.45, 7) is 4.47. The van der Waals surface area contributed by atoms with Crippen LogP contribution in [0.25, 0.3) is 0 Å². The molecule has 3 nitrogen and oxygen atoms in total. The first-order valence-corrected chi connectivity index (χ1v) is 6.51. The van der Waals surface area contributed by atoms with E-state index in [9.17, 15) is 4.79 Å². The summed E-state index contributed by atoms with van der Waals surface area (Å²) in [5, 5.41) is 2.86. The topological polar surface area (TPSA) is 42.2 Å². The van der Waals surface area contributed by atoms with E-state index in [2.05, 4.69) is 5.32 Å². The van der Waals surface area contributed by atoms with Crippen molar-refractivity contribution >= 4 is 29.1 Å². The molecular weight excluding hydrogens is 273 g/mol. The molecule has 2 rings (SSSR count). The van der Waals surface area contributed by atoms with Crippen LogP contribution in [0.1, 0.15) is 19.6 Å². The minimum absolute atomic E-state index is 0.00670. The molecule has 1 aliphatic rings. The van der Waals surface area contributed by atoms with Gasteiger partial charge in [0, 0.05) is 0 Å². The maximum atomic E-state index is 12.0. The van der Waals surface area contributed by atoms with Crippen molar-refractivity contribution in [2.75, 3.05) is 0 Å². The number of rotatable bonds is 4. The first-order chi connectivity index (χ1) is 8.43. The number of halogens is 2. The molecule has 0 aliphatic heterocycles. The first-order valence-electron chi connectivity index (χ1n) is 5.76. The van der Waals surface area contributed by atoms with Crippen molar-refractivity contribution in [2.24, 2.45) is 17.3 Å². The van der Waals surface area contributed by atoms with Gasteiger partial charge in [-0.25, -0.2) is 0 Å². The number of amides is 1. The van der Waals surface area contributed by atoms with Gasteiger partial charge < -0.3 is 9.73 Å². The number of carbonyl (C=O) groups is 1. The summed E-state index contributed by atoms with van der Waals surface area (Å²) in [7, 11) is 0. The van der Waals surface area contributed by atoms with E-state index >= 15 is 0 Å². The number of nitrogens with one attached hydrogen (secondary N) is 1. The van der Waals surface area contributed by atoms with Crippen LogP contribution in [0.2, 0.25) is 0 Å². The summed E-state index contributed by atoms with van der Waals surface area (Å²) in [5.41, 5.74) is -0.0950. The van der Waals surface area contributed by atoms with Crippen molar-refractivity contribution < 1.29 is 9.21 Å². The molecule has 98 valence electrons. The fourth-order valence-electron chi connectivity index (χ4n) is 2.32. The molecular formula is C13H15Cl2NO2. The van der Waals surface area contributed by atoms with Gasteiger partial charge in [-0.2, -0.15) is 0 Å². The van der Waals surface area contributed by atoms with Crippen LogP contribution in [0.15, 0.2) is 33.4 Å². The lowest BCUT2D eigenvalue weighted by Crippen LogP contribution is -2.26. The van der Waals surface area contributed by atoms with Crippen LogP contribution in [-0.4, -0.2) is 5.91 Å². The van der Waals surface area contributed by atoms with E-state index in [1.165, 1.54) is 0 Å². The van der Waals surface area contributed by atoms with Crippen molar-refractivity contribution in [2.45, 2.75) is 20.4 Å². The normalized spacial score (nSPS) is 24.4. The van der Waals surface area contributed by atoms with Crippen molar-refractivity contribution in [3.05, 3.63) is 34.7 Å². The highest BCUT2D eigenvalue weighted by atomic mass is 35.5. The Morgan fingerprint density at radius 2 is 2.28 bits per heavy atom. The third-order valence-electron chi connectivity index (χ3n) is 3.52. The van der Waals surface area contributed by atoms with Crippen molar-refractivity contribution in [1.29, 1.82) is 0 Å². The Kier molecular flexibility index (Phi) is 3.74. The van der Waals surface area contributed by atoms with Crippen molar-refractivity contribution in [3.63, 3.8) is 0 Å². The molecule has 2 atom stereocenters. The highest BCUT2D eigenvalue weighted by Gasteiger charge is 2.60. The Hall–Kier alpha value is -0.930. The number of hydrogen-bond donors (Lipinski definition) is 1. The first kappa shape index (κ1) is 13.5. The van der Waals surface area contributed by atoms with Crippen LogP contribution in [0.4, 0.5) is 0 Å². The van der Waals surface area contributed by atoms with Crippen LogP contribution in [0.5, 0.6) is 0 Å². The van der Waals surface area contributed by atoms with Crippen LogP contribution in [0.3, 0.4) is 0 Å². The lowest BCUT2D eigenvalue weighted by molar-refractivity contribution is -0.123. The van der Waals surface area contributed by atoms with Gasteiger partial charge in [0.2, 0.25) is 5.91 Å². The number of furan rings is 1. The van der Waals surface area contributed by atoms with Crippen molar-refractivity contribution in [3.8, 4) is 0 Å². The van der Waals surface area contributed by atoms with E-state index in [0.29, 0.717) is 6.54 Å². The van der Waals surface area contributed by atoms with E-state index in [1.807, 2.05) is 19.9 Å². The molecule has 1 fully saturated rings. The second-order valence-electron chi connectivity index (χ2n) is 5.08. The van der Waals surface area contributed by atoms with Gasteiger partial charge in [0.05, 0.1) is 18.7 Å². The zero-order chi connectivity index (χ0) is 13.3. The fraction of sp³-hybridized carbons (Fsp3) is 0.462. The highest BCUT2D eigenvalue weighted by Crippen LogP contribution is 2.59. The molecule has 0 bridgehead atoms.